The first-order valence-electron chi connectivity index (χ1n) is 9.53. The van der Waals surface area contributed by atoms with E-state index in [9.17, 15) is 0 Å². The van der Waals surface area contributed by atoms with Gasteiger partial charge in [0.05, 0.1) is 0 Å². The lowest BCUT2D eigenvalue weighted by atomic mass is 9.96. The van der Waals surface area contributed by atoms with Crippen molar-refractivity contribution in [1.29, 1.82) is 0 Å². The van der Waals surface area contributed by atoms with Crippen molar-refractivity contribution in [1.82, 2.24) is 0 Å². The zero-order valence-electron chi connectivity index (χ0n) is 15.8. The minimum atomic E-state index is 0.779. The molecule has 0 bridgehead atoms. The molecule has 1 aliphatic rings. The van der Waals surface area contributed by atoms with Crippen molar-refractivity contribution in [3.8, 4) is 33.8 Å². The molecule has 0 saturated heterocycles. The van der Waals surface area contributed by atoms with E-state index >= 15 is 0 Å². The van der Waals surface area contributed by atoms with Crippen molar-refractivity contribution in [2.24, 2.45) is 0 Å². The predicted molar refractivity (Wildman–Crippen MR) is 116 cm³/mol. The van der Waals surface area contributed by atoms with Crippen LogP contribution in [0.5, 0.6) is 11.5 Å². The molecule has 0 amide bonds. The van der Waals surface area contributed by atoms with Crippen LogP contribution in [0.3, 0.4) is 0 Å². The number of nitrogens with two attached hydrogens (primary N) is 1. The van der Waals surface area contributed by atoms with E-state index < -0.39 is 0 Å². The van der Waals surface area contributed by atoms with Gasteiger partial charge in [0, 0.05) is 5.69 Å². The number of fused-ring (bicyclic) bond motifs is 3. The Morgan fingerprint density at radius 3 is 2.25 bits per heavy atom. The molecule has 0 unspecified atom stereocenters. The van der Waals surface area contributed by atoms with E-state index in [4.69, 9.17) is 10.5 Å². The summed E-state index contributed by atoms with van der Waals surface area (Å²) >= 11 is 0. The van der Waals surface area contributed by atoms with Crippen LogP contribution in [0.15, 0.2) is 84.9 Å². The number of nitrogen functional groups attached to an aromatic ring is 1. The average Bonchev–Trinajstić information content (AvgIpc) is 3.10. The van der Waals surface area contributed by atoms with Gasteiger partial charge in [-0.25, -0.2) is 0 Å². The molecule has 0 fully saturated rings. The molecule has 0 saturated carbocycles. The number of benzene rings is 4. The summed E-state index contributed by atoms with van der Waals surface area (Å²) in [5.74, 6) is 1.62. The van der Waals surface area contributed by atoms with Gasteiger partial charge >= 0.3 is 0 Å². The van der Waals surface area contributed by atoms with Crippen LogP contribution >= 0.6 is 0 Å². The highest BCUT2D eigenvalue weighted by atomic mass is 16.5. The maximum atomic E-state index is 5.99. The third-order valence-electron chi connectivity index (χ3n) is 5.49. The fourth-order valence-electron chi connectivity index (χ4n) is 3.98. The molecule has 136 valence electrons. The van der Waals surface area contributed by atoms with Gasteiger partial charge in [-0.15, -0.1) is 0 Å². The predicted octanol–water partition coefficient (Wildman–Crippen LogP) is 6.61. The van der Waals surface area contributed by atoms with E-state index in [1.54, 1.807) is 0 Å². The summed E-state index contributed by atoms with van der Waals surface area (Å²) in [6.07, 6.45) is 0.991. The number of ether oxygens (including phenoxy) is 1. The molecule has 1 aliphatic carbocycles. The fourth-order valence-corrected chi connectivity index (χ4v) is 3.98. The second kappa shape index (κ2) is 6.58. The van der Waals surface area contributed by atoms with Gasteiger partial charge in [0.2, 0.25) is 0 Å². The van der Waals surface area contributed by atoms with Crippen molar-refractivity contribution >= 4 is 5.69 Å². The molecule has 4 aromatic carbocycles. The first kappa shape index (κ1) is 16.6. The summed E-state index contributed by atoms with van der Waals surface area (Å²) in [5, 5.41) is 0. The van der Waals surface area contributed by atoms with Crippen molar-refractivity contribution in [2.45, 2.75) is 13.3 Å². The van der Waals surface area contributed by atoms with Gasteiger partial charge < -0.3 is 10.5 Å². The fraction of sp³-hybridized carbons (Fsp3) is 0.0769. The molecular formula is C26H21NO. The van der Waals surface area contributed by atoms with E-state index in [-0.39, 0.29) is 0 Å². The van der Waals surface area contributed by atoms with Crippen molar-refractivity contribution in [2.75, 3.05) is 5.73 Å². The van der Waals surface area contributed by atoms with Gasteiger partial charge in [0.15, 0.2) is 0 Å². The Hall–Kier alpha value is -3.52. The smallest absolute Gasteiger partial charge is 0.127 e. The minimum Gasteiger partial charge on any atom is -0.457 e. The quantitative estimate of drug-likeness (QED) is 0.366. The van der Waals surface area contributed by atoms with Gasteiger partial charge in [0.25, 0.3) is 0 Å². The summed E-state index contributed by atoms with van der Waals surface area (Å²) in [5.41, 5.74) is 15.7. The molecule has 2 heteroatoms. The van der Waals surface area contributed by atoms with E-state index in [0.29, 0.717) is 0 Å². The highest BCUT2D eigenvalue weighted by molar-refractivity contribution is 5.84. The summed E-state index contributed by atoms with van der Waals surface area (Å²) in [4.78, 5) is 0. The number of aryl methyl sites for hydroxylation is 1. The van der Waals surface area contributed by atoms with E-state index in [2.05, 4.69) is 54.6 Å². The second-order valence-corrected chi connectivity index (χ2v) is 7.31. The molecule has 0 aliphatic heterocycles. The molecule has 28 heavy (non-hydrogen) atoms. The first-order valence-corrected chi connectivity index (χ1v) is 9.53. The Labute approximate surface area is 165 Å². The molecule has 5 rings (SSSR count). The average molecular weight is 363 g/mol. The van der Waals surface area contributed by atoms with Crippen LogP contribution in [-0.2, 0) is 6.42 Å². The van der Waals surface area contributed by atoms with Crippen molar-refractivity contribution in [3.63, 3.8) is 0 Å². The Balaban J connectivity index is 1.45. The maximum Gasteiger partial charge on any atom is 0.127 e. The van der Waals surface area contributed by atoms with Gasteiger partial charge in [0.1, 0.15) is 11.5 Å². The Bertz CT molecular complexity index is 1180. The van der Waals surface area contributed by atoms with E-state index in [1.165, 1.54) is 33.4 Å². The highest BCUT2D eigenvalue weighted by Crippen LogP contribution is 2.41. The van der Waals surface area contributed by atoms with Crippen LogP contribution < -0.4 is 10.5 Å². The third-order valence-corrected chi connectivity index (χ3v) is 5.49. The van der Waals surface area contributed by atoms with Gasteiger partial charge in [-0.05, 0) is 82.6 Å². The van der Waals surface area contributed by atoms with Crippen LogP contribution in [0.4, 0.5) is 5.69 Å². The van der Waals surface area contributed by atoms with Crippen LogP contribution in [0.2, 0.25) is 0 Å². The molecule has 2 N–H and O–H groups in total. The lowest BCUT2D eigenvalue weighted by Crippen LogP contribution is -1.91. The molecule has 0 radical (unpaired) electrons. The zero-order chi connectivity index (χ0) is 19.1. The van der Waals surface area contributed by atoms with E-state index in [0.717, 1.165) is 29.2 Å². The highest BCUT2D eigenvalue weighted by Gasteiger charge is 2.20. The molecule has 2 nitrogen and oxygen atoms in total. The lowest BCUT2D eigenvalue weighted by molar-refractivity contribution is 0.482. The Morgan fingerprint density at radius 2 is 1.43 bits per heavy atom. The van der Waals surface area contributed by atoms with Crippen molar-refractivity contribution < 1.29 is 4.74 Å². The van der Waals surface area contributed by atoms with E-state index in [1.807, 2.05) is 37.3 Å². The summed E-state index contributed by atoms with van der Waals surface area (Å²) in [6.45, 7) is 1.99. The molecule has 0 aromatic heterocycles. The first-order chi connectivity index (χ1) is 13.7. The number of hydrogen-bond acceptors (Lipinski definition) is 2. The van der Waals surface area contributed by atoms with Crippen LogP contribution in [0, 0.1) is 6.92 Å². The van der Waals surface area contributed by atoms with Gasteiger partial charge in [-0.3, -0.25) is 0 Å². The lowest BCUT2D eigenvalue weighted by Gasteiger charge is -2.11. The number of anilines is 1. The monoisotopic (exact) mass is 363 g/mol. The van der Waals surface area contributed by atoms with Crippen LogP contribution in [0.1, 0.15) is 16.7 Å². The molecule has 0 spiro atoms. The molecular weight excluding hydrogens is 342 g/mol. The Kier molecular flexibility index (Phi) is 3.91. The molecule has 0 atom stereocenters. The third kappa shape index (κ3) is 2.84. The summed E-state index contributed by atoms with van der Waals surface area (Å²) in [6, 6.07) is 29.4. The SMILES string of the molecule is Cc1cc(Oc2ccc(-c3cccc4c3Cc3ccccc3-4)cc2)ccc1N. The standard InChI is InChI=1S/C26H21NO/c1-17-15-21(13-14-26(17)27)28-20-11-9-18(10-12-20)22-7-4-8-24-23-6-3-2-5-19(23)16-25(22)24/h2-15H,16,27H2,1H3. The number of hydrogen-bond donors (Lipinski definition) is 1. The minimum absolute atomic E-state index is 0.779. The Morgan fingerprint density at radius 1 is 0.714 bits per heavy atom. The zero-order valence-corrected chi connectivity index (χ0v) is 15.8. The summed E-state index contributed by atoms with van der Waals surface area (Å²) in [7, 11) is 0. The van der Waals surface area contributed by atoms with Gasteiger partial charge in [-0.2, -0.15) is 0 Å². The second-order valence-electron chi connectivity index (χ2n) is 7.31. The summed E-state index contributed by atoms with van der Waals surface area (Å²) < 4.78 is 5.99. The van der Waals surface area contributed by atoms with Crippen LogP contribution in [0.25, 0.3) is 22.3 Å². The molecule has 0 heterocycles. The normalized spacial score (nSPS) is 11.8. The van der Waals surface area contributed by atoms with Gasteiger partial charge in [-0.1, -0.05) is 54.6 Å². The van der Waals surface area contributed by atoms with Crippen LogP contribution in [-0.4, -0.2) is 0 Å². The maximum absolute atomic E-state index is 5.99. The molecule has 4 aromatic rings. The topological polar surface area (TPSA) is 35.2 Å². The number of rotatable bonds is 3. The largest absolute Gasteiger partial charge is 0.457 e. The van der Waals surface area contributed by atoms with Crippen molar-refractivity contribution in [3.05, 3.63) is 102 Å².